The van der Waals surface area contributed by atoms with Gasteiger partial charge in [-0.05, 0) is 86.4 Å². The molecule has 4 fully saturated rings. The first-order chi connectivity index (χ1) is 12.3. The zero-order chi connectivity index (χ0) is 18.7. The number of carboxylic acids is 1. The van der Waals surface area contributed by atoms with Gasteiger partial charge in [0.05, 0.1) is 6.10 Å². The second kappa shape index (κ2) is 6.32. The highest BCUT2D eigenvalue weighted by Gasteiger charge is 2.61. The van der Waals surface area contributed by atoms with E-state index in [9.17, 15) is 14.7 Å². The third-order valence-corrected chi connectivity index (χ3v) is 9.26. The summed E-state index contributed by atoms with van der Waals surface area (Å²) in [6.07, 6.45) is 8.65. The number of Topliss-reactive ketones (excluding diaryl/α,β-unsaturated/α-hetero) is 1. The van der Waals surface area contributed by atoms with Crippen LogP contribution in [-0.2, 0) is 9.59 Å². The predicted molar refractivity (Wildman–Crippen MR) is 98.5 cm³/mol. The van der Waals surface area contributed by atoms with Crippen molar-refractivity contribution in [3.63, 3.8) is 0 Å². The van der Waals surface area contributed by atoms with Gasteiger partial charge in [-0.25, -0.2) is 0 Å². The molecule has 4 unspecified atom stereocenters. The van der Waals surface area contributed by atoms with Gasteiger partial charge >= 0.3 is 5.97 Å². The van der Waals surface area contributed by atoms with E-state index >= 15 is 0 Å². The average Bonchev–Trinajstić information content (AvgIpc) is 2.89. The molecule has 8 atom stereocenters. The molecule has 0 spiro atoms. The summed E-state index contributed by atoms with van der Waals surface area (Å²) in [6.45, 7) is 4.58. The molecular weight excluding hydrogens is 328 g/mol. The highest BCUT2D eigenvalue weighted by Crippen LogP contribution is 2.66. The summed E-state index contributed by atoms with van der Waals surface area (Å²) in [6, 6.07) is 0. The Morgan fingerprint density at radius 2 is 1.85 bits per heavy atom. The Balaban J connectivity index is 1.54. The molecule has 4 heteroatoms. The molecule has 4 aliphatic carbocycles. The van der Waals surface area contributed by atoms with Gasteiger partial charge in [-0.1, -0.05) is 13.8 Å². The topological polar surface area (TPSA) is 74.6 Å². The number of ketones is 1. The van der Waals surface area contributed by atoms with E-state index in [2.05, 4.69) is 13.8 Å². The predicted octanol–water partition coefficient (Wildman–Crippen LogP) is 4.05. The van der Waals surface area contributed by atoms with Crippen molar-refractivity contribution in [2.75, 3.05) is 0 Å². The second-order valence-electron chi connectivity index (χ2n) is 10.3. The van der Waals surface area contributed by atoms with Crippen molar-refractivity contribution in [3.05, 3.63) is 0 Å². The number of fused-ring (bicyclic) bond motifs is 5. The second-order valence-corrected chi connectivity index (χ2v) is 10.3. The van der Waals surface area contributed by atoms with Crippen LogP contribution in [0.25, 0.3) is 0 Å². The van der Waals surface area contributed by atoms with Crippen molar-refractivity contribution in [2.45, 2.75) is 84.2 Å². The Hall–Kier alpha value is -0.900. The summed E-state index contributed by atoms with van der Waals surface area (Å²) in [5.74, 6) is 2.08. The number of hydrogen-bond donors (Lipinski definition) is 2. The Morgan fingerprint density at radius 3 is 2.58 bits per heavy atom. The third kappa shape index (κ3) is 2.66. The first kappa shape index (κ1) is 18.5. The number of hydrogen-bond acceptors (Lipinski definition) is 3. The van der Waals surface area contributed by atoms with Gasteiger partial charge in [0, 0.05) is 18.3 Å². The number of carbonyl (C=O) groups excluding carboxylic acids is 1. The first-order valence-corrected chi connectivity index (χ1v) is 10.7. The summed E-state index contributed by atoms with van der Waals surface area (Å²) in [5.41, 5.74) is 0.0256. The summed E-state index contributed by atoms with van der Waals surface area (Å²) in [5, 5.41) is 20.1. The minimum atomic E-state index is -0.708. The Labute approximate surface area is 156 Å². The van der Waals surface area contributed by atoms with E-state index in [1.807, 2.05) is 0 Å². The number of aliphatic carboxylic acids is 1. The maximum Gasteiger partial charge on any atom is 0.303 e. The molecule has 4 saturated carbocycles. The highest BCUT2D eigenvalue weighted by molar-refractivity contribution is 5.87. The van der Waals surface area contributed by atoms with Crippen molar-refractivity contribution in [2.24, 2.45) is 40.4 Å². The fraction of sp³-hybridized carbons (Fsp3) is 0.909. The normalized spacial score (nSPS) is 50.7. The van der Waals surface area contributed by atoms with E-state index in [1.165, 1.54) is 0 Å². The van der Waals surface area contributed by atoms with Crippen molar-refractivity contribution in [1.82, 2.24) is 0 Å². The molecule has 0 heterocycles. The quantitative estimate of drug-likeness (QED) is 0.794. The molecular formula is C22H34O4. The van der Waals surface area contributed by atoms with E-state index in [0.29, 0.717) is 35.4 Å². The van der Waals surface area contributed by atoms with Crippen LogP contribution in [0.15, 0.2) is 0 Å². The summed E-state index contributed by atoms with van der Waals surface area (Å²) >= 11 is 0. The van der Waals surface area contributed by atoms with Crippen LogP contribution in [-0.4, -0.2) is 28.1 Å². The van der Waals surface area contributed by atoms with Crippen LogP contribution in [0.2, 0.25) is 0 Å². The summed E-state index contributed by atoms with van der Waals surface area (Å²) in [4.78, 5) is 23.4. The minimum Gasteiger partial charge on any atom is -0.481 e. The van der Waals surface area contributed by atoms with Crippen LogP contribution in [0.5, 0.6) is 0 Å². The van der Waals surface area contributed by atoms with Crippen molar-refractivity contribution >= 4 is 11.8 Å². The molecule has 2 N–H and O–H groups in total. The number of carboxylic acid groups (broad SMARTS) is 1. The van der Waals surface area contributed by atoms with Gasteiger partial charge in [0.2, 0.25) is 0 Å². The van der Waals surface area contributed by atoms with Crippen LogP contribution < -0.4 is 0 Å². The lowest BCUT2D eigenvalue weighted by Crippen LogP contribution is -2.57. The molecule has 0 amide bonds. The smallest absolute Gasteiger partial charge is 0.303 e. The maximum atomic E-state index is 12.5. The Kier molecular flexibility index (Phi) is 4.49. The lowest BCUT2D eigenvalue weighted by Gasteiger charge is -2.61. The Bertz CT molecular complexity index is 601. The van der Waals surface area contributed by atoms with Gasteiger partial charge < -0.3 is 10.2 Å². The number of aliphatic hydroxyl groups excluding tert-OH is 1. The van der Waals surface area contributed by atoms with E-state index in [0.717, 1.165) is 57.8 Å². The molecule has 0 aromatic rings. The molecule has 4 nitrogen and oxygen atoms in total. The van der Waals surface area contributed by atoms with Crippen molar-refractivity contribution < 1.29 is 19.8 Å². The van der Waals surface area contributed by atoms with E-state index < -0.39 is 5.97 Å². The lowest BCUT2D eigenvalue weighted by atomic mass is 9.44. The van der Waals surface area contributed by atoms with Gasteiger partial charge in [-0.15, -0.1) is 0 Å². The SMILES string of the molecule is C[C@]12CC[C@H](CCC(=O)O)CC1[C@@H](O)CC1C2CC[C@]2(C)C(=O)CCC12. The number of carbonyl (C=O) groups is 2. The molecule has 0 radical (unpaired) electrons. The molecule has 0 bridgehead atoms. The Morgan fingerprint density at radius 1 is 1.08 bits per heavy atom. The van der Waals surface area contributed by atoms with Crippen LogP contribution in [0, 0.1) is 40.4 Å². The molecule has 4 aliphatic rings. The molecule has 0 aromatic heterocycles. The first-order valence-electron chi connectivity index (χ1n) is 10.7. The van der Waals surface area contributed by atoms with Gasteiger partial charge in [0.25, 0.3) is 0 Å². The summed E-state index contributed by atoms with van der Waals surface area (Å²) < 4.78 is 0. The van der Waals surface area contributed by atoms with E-state index in [-0.39, 0.29) is 23.4 Å². The standard InChI is InChI=1S/C22H34O4/c1-21-9-7-13(3-6-20(25)26)11-17(21)18(23)12-14-15-4-5-19(24)22(15,2)10-8-16(14)21/h13-18,23H,3-12H2,1-2H3,(H,25,26)/t13-,14?,15?,16?,17?,18-,21+,22-/m0/s1. The fourth-order valence-electron chi connectivity index (χ4n) is 7.74. The summed E-state index contributed by atoms with van der Waals surface area (Å²) in [7, 11) is 0. The van der Waals surface area contributed by atoms with Crippen molar-refractivity contribution in [1.29, 1.82) is 0 Å². The van der Waals surface area contributed by atoms with E-state index in [4.69, 9.17) is 5.11 Å². The van der Waals surface area contributed by atoms with E-state index in [1.54, 1.807) is 0 Å². The zero-order valence-corrected chi connectivity index (χ0v) is 16.2. The molecule has 0 aliphatic heterocycles. The minimum absolute atomic E-state index is 0.136. The van der Waals surface area contributed by atoms with Crippen LogP contribution in [0.3, 0.4) is 0 Å². The van der Waals surface area contributed by atoms with Crippen LogP contribution in [0.1, 0.15) is 78.1 Å². The highest BCUT2D eigenvalue weighted by atomic mass is 16.4. The van der Waals surface area contributed by atoms with Gasteiger partial charge in [-0.3, -0.25) is 9.59 Å². The maximum absolute atomic E-state index is 12.5. The molecule has 0 saturated heterocycles. The molecule has 0 aromatic carbocycles. The largest absolute Gasteiger partial charge is 0.481 e. The molecule has 146 valence electrons. The van der Waals surface area contributed by atoms with Crippen LogP contribution >= 0.6 is 0 Å². The zero-order valence-electron chi connectivity index (χ0n) is 16.2. The van der Waals surface area contributed by atoms with Gasteiger partial charge in [0.15, 0.2) is 0 Å². The lowest BCUT2D eigenvalue weighted by molar-refractivity contribution is -0.165. The molecule has 4 rings (SSSR count). The van der Waals surface area contributed by atoms with Gasteiger partial charge in [-0.2, -0.15) is 0 Å². The van der Waals surface area contributed by atoms with Gasteiger partial charge in [0.1, 0.15) is 5.78 Å². The number of rotatable bonds is 3. The fourth-order valence-corrected chi connectivity index (χ4v) is 7.74. The molecule has 26 heavy (non-hydrogen) atoms. The third-order valence-electron chi connectivity index (χ3n) is 9.26. The monoisotopic (exact) mass is 362 g/mol. The van der Waals surface area contributed by atoms with Crippen LogP contribution in [0.4, 0.5) is 0 Å². The average molecular weight is 363 g/mol. The number of aliphatic hydroxyl groups is 1. The van der Waals surface area contributed by atoms with Crippen molar-refractivity contribution in [3.8, 4) is 0 Å².